The molecular formula is C8H16F3N. The third-order valence-electron chi connectivity index (χ3n) is 1.90. The summed E-state index contributed by atoms with van der Waals surface area (Å²) in [6, 6.07) is 0. The van der Waals surface area contributed by atoms with Crippen LogP contribution >= 0.6 is 0 Å². The van der Waals surface area contributed by atoms with Crippen LogP contribution in [0.25, 0.3) is 0 Å². The fourth-order valence-electron chi connectivity index (χ4n) is 1.06. The lowest BCUT2D eigenvalue weighted by molar-refractivity contribution is -0.173. The Morgan fingerprint density at radius 1 is 1.25 bits per heavy atom. The van der Waals surface area contributed by atoms with Gasteiger partial charge in [0, 0.05) is 6.54 Å². The van der Waals surface area contributed by atoms with E-state index in [1.807, 2.05) is 6.92 Å². The molecular weight excluding hydrogens is 167 g/mol. The van der Waals surface area contributed by atoms with Gasteiger partial charge in [0.1, 0.15) is 0 Å². The van der Waals surface area contributed by atoms with Crippen molar-refractivity contribution in [3.63, 3.8) is 0 Å². The van der Waals surface area contributed by atoms with Gasteiger partial charge in [0.2, 0.25) is 0 Å². The first-order valence-electron chi connectivity index (χ1n) is 4.29. The summed E-state index contributed by atoms with van der Waals surface area (Å²) < 4.78 is 36.2. The number of hydrogen-bond donors (Lipinski definition) is 1. The van der Waals surface area contributed by atoms with Gasteiger partial charge in [-0.15, -0.1) is 0 Å². The summed E-state index contributed by atoms with van der Waals surface area (Å²) >= 11 is 0. The minimum absolute atomic E-state index is 0.174. The Kier molecular flexibility index (Phi) is 5.29. The summed E-state index contributed by atoms with van der Waals surface area (Å²) in [6.45, 7) is 1.68. The molecule has 0 spiro atoms. The van der Waals surface area contributed by atoms with Crippen molar-refractivity contribution in [2.45, 2.75) is 38.8 Å². The van der Waals surface area contributed by atoms with Gasteiger partial charge >= 0.3 is 6.18 Å². The molecule has 0 saturated carbocycles. The molecule has 0 aliphatic carbocycles. The van der Waals surface area contributed by atoms with Crippen molar-refractivity contribution in [3.05, 3.63) is 0 Å². The summed E-state index contributed by atoms with van der Waals surface area (Å²) in [4.78, 5) is 0. The number of alkyl halides is 3. The van der Waals surface area contributed by atoms with Crippen molar-refractivity contribution >= 4 is 0 Å². The molecule has 0 aromatic rings. The van der Waals surface area contributed by atoms with Crippen molar-refractivity contribution in [1.29, 1.82) is 0 Å². The first kappa shape index (κ1) is 11.8. The highest BCUT2D eigenvalue weighted by molar-refractivity contribution is 4.68. The molecule has 0 aromatic heterocycles. The van der Waals surface area contributed by atoms with E-state index < -0.39 is 12.1 Å². The Balaban J connectivity index is 3.68. The Labute approximate surface area is 71.1 Å². The van der Waals surface area contributed by atoms with Crippen LogP contribution in [0.15, 0.2) is 0 Å². The van der Waals surface area contributed by atoms with E-state index in [1.165, 1.54) is 0 Å². The molecule has 0 aliphatic rings. The number of unbranched alkanes of at least 4 members (excludes halogenated alkanes) is 2. The lowest BCUT2D eigenvalue weighted by atomic mass is 10.0. The van der Waals surface area contributed by atoms with Crippen LogP contribution in [0.5, 0.6) is 0 Å². The van der Waals surface area contributed by atoms with Crippen LogP contribution in [0.2, 0.25) is 0 Å². The van der Waals surface area contributed by atoms with Crippen LogP contribution < -0.4 is 5.73 Å². The predicted molar refractivity (Wildman–Crippen MR) is 42.7 cm³/mol. The van der Waals surface area contributed by atoms with Crippen molar-refractivity contribution in [1.82, 2.24) is 0 Å². The maximum atomic E-state index is 12.1. The molecule has 0 rings (SSSR count). The van der Waals surface area contributed by atoms with Gasteiger partial charge in [-0.05, 0) is 6.42 Å². The minimum atomic E-state index is -4.11. The first-order chi connectivity index (χ1) is 5.52. The van der Waals surface area contributed by atoms with Crippen molar-refractivity contribution in [3.8, 4) is 0 Å². The van der Waals surface area contributed by atoms with Crippen LogP contribution in [-0.4, -0.2) is 12.7 Å². The van der Waals surface area contributed by atoms with E-state index in [1.54, 1.807) is 0 Å². The molecule has 0 fully saturated rings. The van der Waals surface area contributed by atoms with E-state index in [0.29, 0.717) is 6.42 Å². The smallest absolute Gasteiger partial charge is 0.330 e. The normalized spacial score (nSPS) is 14.8. The quantitative estimate of drug-likeness (QED) is 0.651. The molecule has 4 heteroatoms. The molecule has 0 aliphatic heterocycles. The van der Waals surface area contributed by atoms with E-state index in [2.05, 4.69) is 0 Å². The molecule has 0 radical (unpaired) electrons. The van der Waals surface area contributed by atoms with Gasteiger partial charge < -0.3 is 5.73 Å². The third kappa shape index (κ3) is 4.59. The topological polar surface area (TPSA) is 26.0 Å². The van der Waals surface area contributed by atoms with Crippen LogP contribution in [0.1, 0.15) is 32.6 Å². The fraction of sp³-hybridized carbons (Fsp3) is 1.00. The molecule has 0 amide bonds. The van der Waals surface area contributed by atoms with Gasteiger partial charge in [-0.1, -0.05) is 26.2 Å². The Morgan fingerprint density at radius 3 is 2.17 bits per heavy atom. The molecule has 0 bridgehead atoms. The van der Waals surface area contributed by atoms with Crippen LogP contribution in [0, 0.1) is 5.92 Å². The number of hydrogen-bond acceptors (Lipinski definition) is 1. The van der Waals surface area contributed by atoms with E-state index >= 15 is 0 Å². The second-order valence-electron chi connectivity index (χ2n) is 2.97. The van der Waals surface area contributed by atoms with Gasteiger partial charge in [-0.3, -0.25) is 0 Å². The summed E-state index contributed by atoms with van der Waals surface area (Å²) in [5, 5.41) is 0. The summed E-state index contributed by atoms with van der Waals surface area (Å²) in [5.41, 5.74) is 5.02. The molecule has 74 valence electrons. The Hall–Kier alpha value is -0.250. The zero-order valence-corrected chi connectivity index (χ0v) is 7.32. The van der Waals surface area contributed by atoms with Gasteiger partial charge in [0.15, 0.2) is 0 Å². The SMILES string of the molecule is CCCCCC(CN)C(F)(F)F. The number of rotatable bonds is 5. The van der Waals surface area contributed by atoms with Crippen molar-refractivity contribution in [2.75, 3.05) is 6.54 Å². The van der Waals surface area contributed by atoms with E-state index in [9.17, 15) is 13.2 Å². The monoisotopic (exact) mass is 183 g/mol. The average molecular weight is 183 g/mol. The molecule has 2 N–H and O–H groups in total. The zero-order valence-electron chi connectivity index (χ0n) is 7.32. The molecule has 1 unspecified atom stereocenters. The predicted octanol–water partition coefficient (Wildman–Crippen LogP) is 2.70. The second kappa shape index (κ2) is 5.41. The van der Waals surface area contributed by atoms with Crippen LogP contribution in [0.4, 0.5) is 13.2 Å². The van der Waals surface area contributed by atoms with E-state index in [4.69, 9.17) is 5.73 Å². The second-order valence-corrected chi connectivity index (χ2v) is 2.97. The van der Waals surface area contributed by atoms with E-state index in [0.717, 1.165) is 12.8 Å². The van der Waals surface area contributed by atoms with Crippen LogP contribution in [-0.2, 0) is 0 Å². The number of nitrogens with two attached hydrogens (primary N) is 1. The van der Waals surface area contributed by atoms with Crippen molar-refractivity contribution in [2.24, 2.45) is 11.7 Å². The lowest BCUT2D eigenvalue weighted by Gasteiger charge is -2.17. The van der Waals surface area contributed by atoms with E-state index in [-0.39, 0.29) is 13.0 Å². The molecule has 0 saturated heterocycles. The minimum Gasteiger partial charge on any atom is -0.330 e. The van der Waals surface area contributed by atoms with Gasteiger partial charge in [0.05, 0.1) is 5.92 Å². The van der Waals surface area contributed by atoms with Crippen LogP contribution in [0.3, 0.4) is 0 Å². The standard InChI is InChI=1S/C8H16F3N/c1-2-3-4-5-7(6-12)8(9,10)11/h7H,2-6,12H2,1H3. The zero-order chi connectivity index (χ0) is 9.61. The summed E-state index contributed by atoms with van der Waals surface area (Å²) in [7, 11) is 0. The Morgan fingerprint density at radius 2 is 1.83 bits per heavy atom. The van der Waals surface area contributed by atoms with Crippen molar-refractivity contribution < 1.29 is 13.2 Å². The highest BCUT2D eigenvalue weighted by atomic mass is 19.4. The largest absolute Gasteiger partial charge is 0.393 e. The van der Waals surface area contributed by atoms with Gasteiger partial charge in [0.25, 0.3) is 0 Å². The molecule has 1 atom stereocenters. The molecule has 0 aromatic carbocycles. The van der Waals surface area contributed by atoms with Gasteiger partial charge in [-0.2, -0.15) is 13.2 Å². The maximum absolute atomic E-state index is 12.1. The molecule has 1 nitrogen and oxygen atoms in total. The van der Waals surface area contributed by atoms with Gasteiger partial charge in [-0.25, -0.2) is 0 Å². The average Bonchev–Trinajstić information content (AvgIpc) is 1.95. The number of halogens is 3. The fourth-order valence-corrected chi connectivity index (χ4v) is 1.06. The molecule has 0 heterocycles. The third-order valence-corrected chi connectivity index (χ3v) is 1.90. The maximum Gasteiger partial charge on any atom is 0.393 e. The summed E-state index contributed by atoms with van der Waals surface area (Å²) in [6.07, 6.45) is -1.52. The molecule has 12 heavy (non-hydrogen) atoms. The summed E-state index contributed by atoms with van der Waals surface area (Å²) in [5.74, 6) is -1.30. The highest BCUT2D eigenvalue weighted by Crippen LogP contribution is 2.29. The first-order valence-corrected chi connectivity index (χ1v) is 4.29. The lowest BCUT2D eigenvalue weighted by Crippen LogP contribution is -2.30. The Bertz CT molecular complexity index is 111. The highest BCUT2D eigenvalue weighted by Gasteiger charge is 2.37.